The highest BCUT2D eigenvalue weighted by Crippen LogP contribution is 2.31. The first kappa shape index (κ1) is 13.1. The fourth-order valence-corrected chi connectivity index (χ4v) is 3.18. The van der Waals surface area contributed by atoms with E-state index < -0.39 is 0 Å². The van der Waals surface area contributed by atoms with Crippen LogP contribution in [0, 0.1) is 13.8 Å². The Morgan fingerprint density at radius 3 is 2.65 bits per heavy atom. The van der Waals surface area contributed by atoms with Gasteiger partial charge in [0.1, 0.15) is 5.82 Å². The second-order valence-electron chi connectivity index (χ2n) is 5.21. The lowest BCUT2D eigenvalue weighted by Gasteiger charge is -2.09. The molecule has 0 spiro atoms. The molecule has 20 heavy (non-hydrogen) atoms. The minimum atomic E-state index is 0.272. The molecule has 3 aromatic rings. The smallest absolute Gasteiger partial charge is 0.181 e. The van der Waals surface area contributed by atoms with Gasteiger partial charge in [0.05, 0.1) is 10.2 Å². The monoisotopic (exact) mass is 287 g/mol. The Morgan fingerprint density at radius 1 is 1.20 bits per heavy atom. The number of anilines is 1. The Labute approximate surface area is 121 Å². The number of rotatable bonds is 2. The molecule has 104 valence electrons. The molecule has 0 aliphatic carbocycles. The molecule has 1 aromatic carbocycles. The Balaban J connectivity index is 2.24. The maximum Gasteiger partial charge on any atom is 0.181 e. The van der Waals surface area contributed by atoms with E-state index in [1.165, 1.54) is 11.3 Å². The molecular formula is C14H17N5S. The maximum absolute atomic E-state index is 5.80. The third-order valence-corrected chi connectivity index (χ3v) is 4.02. The summed E-state index contributed by atoms with van der Waals surface area (Å²) in [6.07, 6.45) is 0. The number of nitrogens with zero attached hydrogens (tertiary/aromatic N) is 4. The van der Waals surface area contributed by atoms with E-state index >= 15 is 0 Å². The molecule has 5 nitrogen and oxygen atoms in total. The van der Waals surface area contributed by atoms with Gasteiger partial charge in [-0.25, -0.2) is 14.6 Å². The van der Waals surface area contributed by atoms with E-state index in [1.54, 1.807) is 0 Å². The summed E-state index contributed by atoms with van der Waals surface area (Å²) in [5, 5.41) is 5.07. The van der Waals surface area contributed by atoms with E-state index in [9.17, 15) is 0 Å². The zero-order chi connectivity index (χ0) is 14.4. The molecular weight excluding hydrogens is 270 g/mol. The number of aromatic nitrogens is 4. The summed E-state index contributed by atoms with van der Waals surface area (Å²) in [7, 11) is 0. The lowest BCUT2D eigenvalue weighted by atomic mass is 10.1. The van der Waals surface area contributed by atoms with Gasteiger partial charge in [0.25, 0.3) is 0 Å². The van der Waals surface area contributed by atoms with Gasteiger partial charge in [0.15, 0.2) is 11.0 Å². The third kappa shape index (κ3) is 2.06. The van der Waals surface area contributed by atoms with E-state index in [0.717, 1.165) is 33.0 Å². The summed E-state index contributed by atoms with van der Waals surface area (Å²) in [5.41, 5.74) is 8.96. The van der Waals surface area contributed by atoms with Gasteiger partial charge in [-0.15, -0.1) is 0 Å². The third-order valence-electron chi connectivity index (χ3n) is 3.19. The number of aryl methyl sites for hydroxylation is 2. The first-order valence-electron chi connectivity index (χ1n) is 6.56. The first-order valence-corrected chi connectivity index (χ1v) is 7.37. The van der Waals surface area contributed by atoms with Crippen molar-refractivity contribution in [3.63, 3.8) is 0 Å². The van der Waals surface area contributed by atoms with Crippen LogP contribution in [0.25, 0.3) is 21.6 Å². The fraction of sp³-hybridized carbons (Fsp3) is 0.357. The molecule has 0 saturated carbocycles. The van der Waals surface area contributed by atoms with Crippen LogP contribution in [-0.4, -0.2) is 19.7 Å². The van der Waals surface area contributed by atoms with E-state index in [4.69, 9.17) is 5.73 Å². The van der Waals surface area contributed by atoms with Gasteiger partial charge < -0.3 is 5.73 Å². The van der Waals surface area contributed by atoms with Gasteiger partial charge in [-0.2, -0.15) is 5.10 Å². The zero-order valence-electron chi connectivity index (χ0n) is 12.0. The fourth-order valence-electron chi connectivity index (χ4n) is 2.33. The molecule has 0 radical (unpaired) electrons. The Bertz CT molecular complexity index is 784. The van der Waals surface area contributed by atoms with Crippen molar-refractivity contribution >= 4 is 26.7 Å². The molecule has 6 heteroatoms. The first-order chi connectivity index (χ1) is 9.45. The Morgan fingerprint density at radius 2 is 1.95 bits per heavy atom. The molecule has 2 N–H and O–H groups in total. The summed E-state index contributed by atoms with van der Waals surface area (Å²) in [6, 6.07) is 4.47. The molecule has 0 saturated heterocycles. The summed E-state index contributed by atoms with van der Waals surface area (Å²) < 4.78 is 3.05. The second-order valence-corrected chi connectivity index (χ2v) is 6.28. The van der Waals surface area contributed by atoms with Crippen LogP contribution in [0.4, 0.5) is 5.13 Å². The van der Waals surface area contributed by atoms with Gasteiger partial charge in [-0.05, 0) is 45.4 Å². The normalized spacial score (nSPS) is 11.7. The van der Waals surface area contributed by atoms with Crippen molar-refractivity contribution < 1.29 is 0 Å². The second kappa shape index (κ2) is 4.56. The molecule has 0 atom stereocenters. The van der Waals surface area contributed by atoms with Gasteiger partial charge in [0.2, 0.25) is 0 Å². The quantitative estimate of drug-likeness (QED) is 0.785. The lowest BCUT2D eigenvalue weighted by Crippen LogP contribution is -2.05. The van der Waals surface area contributed by atoms with Crippen LogP contribution in [0.15, 0.2) is 12.1 Å². The molecule has 0 bridgehead atoms. The van der Waals surface area contributed by atoms with E-state index in [1.807, 2.05) is 18.5 Å². The van der Waals surface area contributed by atoms with E-state index in [-0.39, 0.29) is 6.04 Å². The number of hydrogen-bond donors (Lipinski definition) is 1. The highest BCUT2D eigenvalue weighted by atomic mass is 32.1. The van der Waals surface area contributed by atoms with Crippen LogP contribution in [0.5, 0.6) is 0 Å². The average molecular weight is 287 g/mol. The summed E-state index contributed by atoms with van der Waals surface area (Å²) in [4.78, 5) is 8.93. The topological polar surface area (TPSA) is 69.6 Å². The highest BCUT2D eigenvalue weighted by Gasteiger charge is 2.15. The molecule has 3 rings (SSSR count). The number of fused-ring (bicyclic) bond motifs is 1. The molecule has 0 unspecified atom stereocenters. The average Bonchev–Trinajstić information content (AvgIpc) is 2.91. The van der Waals surface area contributed by atoms with Gasteiger partial charge in [0, 0.05) is 11.6 Å². The molecule has 2 aromatic heterocycles. The van der Waals surface area contributed by atoms with E-state index in [0.29, 0.717) is 5.13 Å². The number of thiazole rings is 1. The standard InChI is InChI=1S/C14H17N5S/c1-7(2)19-13(16-9(4)18-19)10-5-8(3)12-11(6-10)20-14(15)17-12/h5-7H,1-4H3,(H2,15,17). The van der Waals surface area contributed by atoms with Gasteiger partial charge in [-0.3, -0.25) is 0 Å². The van der Waals surface area contributed by atoms with Crippen LogP contribution >= 0.6 is 11.3 Å². The minimum Gasteiger partial charge on any atom is -0.375 e. The lowest BCUT2D eigenvalue weighted by molar-refractivity contribution is 0.534. The van der Waals surface area contributed by atoms with Crippen molar-refractivity contribution in [1.82, 2.24) is 19.7 Å². The molecule has 0 aliphatic heterocycles. The Kier molecular flexibility index (Phi) is 2.97. The molecule has 0 amide bonds. The Hall–Kier alpha value is -1.95. The van der Waals surface area contributed by atoms with E-state index in [2.05, 4.69) is 41.0 Å². The SMILES string of the molecule is Cc1nc(-c2cc(C)c3nc(N)sc3c2)n(C(C)C)n1. The number of nitrogen functional groups attached to an aromatic ring is 1. The summed E-state index contributed by atoms with van der Waals surface area (Å²) in [5.74, 6) is 1.68. The highest BCUT2D eigenvalue weighted by molar-refractivity contribution is 7.22. The van der Waals surface area contributed by atoms with Gasteiger partial charge >= 0.3 is 0 Å². The summed E-state index contributed by atoms with van der Waals surface area (Å²) in [6.45, 7) is 8.17. The van der Waals surface area contributed by atoms with Crippen molar-refractivity contribution in [2.75, 3.05) is 5.73 Å². The predicted molar refractivity (Wildman–Crippen MR) is 82.9 cm³/mol. The van der Waals surface area contributed by atoms with Crippen LogP contribution in [0.1, 0.15) is 31.3 Å². The number of hydrogen-bond acceptors (Lipinski definition) is 5. The largest absolute Gasteiger partial charge is 0.375 e. The minimum absolute atomic E-state index is 0.272. The van der Waals surface area contributed by atoms with Crippen LogP contribution in [0.3, 0.4) is 0 Å². The predicted octanol–water partition coefficient (Wildman–Crippen LogP) is 3.33. The number of nitrogens with two attached hydrogens (primary N) is 1. The van der Waals surface area contributed by atoms with Crippen LogP contribution < -0.4 is 5.73 Å². The molecule has 2 heterocycles. The van der Waals surface area contributed by atoms with Crippen molar-refractivity contribution in [2.45, 2.75) is 33.7 Å². The van der Waals surface area contributed by atoms with Crippen molar-refractivity contribution in [3.05, 3.63) is 23.5 Å². The van der Waals surface area contributed by atoms with Crippen molar-refractivity contribution in [1.29, 1.82) is 0 Å². The van der Waals surface area contributed by atoms with Crippen molar-refractivity contribution in [3.8, 4) is 11.4 Å². The zero-order valence-corrected chi connectivity index (χ0v) is 12.8. The maximum atomic E-state index is 5.80. The summed E-state index contributed by atoms with van der Waals surface area (Å²) >= 11 is 1.51. The molecule has 0 fully saturated rings. The molecule has 0 aliphatic rings. The number of benzene rings is 1. The van der Waals surface area contributed by atoms with Crippen LogP contribution in [-0.2, 0) is 0 Å². The van der Waals surface area contributed by atoms with Gasteiger partial charge in [-0.1, -0.05) is 11.3 Å². The van der Waals surface area contributed by atoms with Crippen LogP contribution in [0.2, 0.25) is 0 Å². The van der Waals surface area contributed by atoms with Crippen molar-refractivity contribution in [2.24, 2.45) is 0 Å².